The van der Waals surface area contributed by atoms with Gasteiger partial charge in [0.15, 0.2) is 0 Å². The van der Waals surface area contributed by atoms with E-state index in [4.69, 9.17) is 5.73 Å². The molecule has 1 aromatic heterocycles. The second kappa shape index (κ2) is 5.35. The SMILES string of the molecule is CC(=O)NSC(C(N)=O)c1ccccn1. The highest BCUT2D eigenvalue weighted by molar-refractivity contribution is 7.98. The van der Waals surface area contributed by atoms with Crippen LogP contribution in [0.4, 0.5) is 0 Å². The molecular weight excluding hydrogens is 214 g/mol. The molecule has 1 unspecified atom stereocenters. The van der Waals surface area contributed by atoms with Gasteiger partial charge in [-0.2, -0.15) is 0 Å². The fourth-order valence-corrected chi connectivity index (χ4v) is 1.60. The first-order valence-electron chi connectivity index (χ1n) is 4.23. The van der Waals surface area contributed by atoms with E-state index in [1.54, 1.807) is 24.4 Å². The Labute approximate surface area is 91.6 Å². The summed E-state index contributed by atoms with van der Waals surface area (Å²) in [6, 6.07) is 5.18. The molecule has 1 rings (SSSR count). The molecule has 80 valence electrons. The van der Waals surface area contributed by atoms with Crippen LogP contribution in [0.3, 0.4) is 0 Å². The maximum Gasteiger partial charge on any atom is 0.238 e. The van der Waals surface area contributed by atoms with Crippen LogP contribution in [-0.2, 0) is 9.59 Å². The number of rotatable bonds is 4. The molecule has 0 aliphatic carbocycles. The van der Waals surface area contributed by atoms with Gasteiger partial charge in [0.25, 0.3) is 0 Å². The van der Waals surface area contributed by atoms with Crippen molar-refractivity contribution in [2.75, 3.05) is 0 Å². The third kappa shape index (κ3) is 3.59. The van der Waals surface area contributed by atoms with Crippen LogP contribution in [0.2, 0.25) is 0 Å². The lowest BCUT2D eigenvalue weighted by molar-refractivity contribution is -0.117. The number of aromatic nitrogens is 1. The molecule has 3 N–H and O–H groups in total. The normalized spacial score (nSPS) is 11.8. The van der Waals surface area contributed by atoms with Crippen molar-refractivity contribution < 1.29 is 9.59 Å². The summed E-state index contributed by atoms with van der Waals surface area (Å²) < 4.78 is 2.46. The number of hydrogen-bond donors (Lipinski definition) is 2. The zero-order valence-electron chi connectivity index (χ0n) is 8.14. The van der Waals surface area contributed by atoms with Gasteiger partial charge in [-0.05, 0) is 24.1 Å². The van der Waals surface area contributed by atoms with Gasteiger partial charge in [-0.3, -0.25) is 19.3 Å². The number of nitrogens with two attached hydrogens (primary N) is 1. The van der Waals surface area contributed by atoms with Gasteiger partial charge in [-0.25, -0.2) is 0 Å². The first kappa shape index (κ1) is 11.5. The number of amides is 2. The van der Waals surface area contributed by atoms with Crippen LogP contribution in [0.25, 0.3) is 0 Å². The standard InChI is InChI=1S/C9H11N3O2S/c1-6(13)12-15-8(9(10)14)7-4-2-3-5-11-7/h2-5,8H,1H3,(H2,10,14)(H,12,13). The Morgan fingerprint density at radius 1 is 1.53 bits per heavy atom. The zero-order valence-corrected chi connectivity index (χ0v) is 8.95. The van der Waals surface area contributed by atoms with Gasteiger partial charge in [0, 0.05) is 13.1 Å². The predicted octanol–water partition coefficient (Wildman–Crippen LogP) is 0.392. The molecule has 0 saturated carbocycles. The fourth-order valence-electron chi connectivity index (χ4n) is 0.937. The van der Waals surface area contributed by atoms with Crippen molar-refractivity contribution in [3.63, 3.8) is 0 Å². The number of carbonyl (C=O) groups excluding carboxylic acids is 2. The van der Waals surface area contributed by atoms with E-state index in [1.165, 1.54) is 6.92 Å². The van der Waals surface area contributed by atoms with Gasteiger partial charge in [-0.15, -0.1) is 0 Å². The van der Waals surface area contributed by atoms with Gasteiger partial charge in [0.2, 0.25) is 11.8 Å². The molecule has 5 nitrogen and oxygen atoms in total. The minimum Gasteiger partial charge on any atom is -0.368 e. The average molecular weight is 225 g/mol. The Kier molecular flexibility index (Phi) is 4.11. The van der Waals surface area contributed by atoms with Gasteiger partial charge in [-0.1, -0.05) is 6.07 Å². The minimum absolute atomic E-state index is 0.234. The lowest BCUT2D eigenvalue weighted by atomic mass is 10.2. The Bertz CT molecular complexity index is 356. The Morgan fingerprint density at radius 2 is 2.27 bits per heavy atom. The van der Waals surface area contributed by atoms with Crippen molar-refractivity contribution in [1.82, 2.24) is 9.71 Å². The van der Waals surface area contributed by atoms with Gasteiger partial charge in [0.1, 0.15) is 5.25 Å². The summed E-state index contributed by atoms with van der Waals surface area (Å²) in [5.41, 5.74) is 5.74. The Balaban J connectivity index is 2.75. The molecule has 0 saturated heterocycles. The second-order valence-corrected chi connectivity index (χ2v) is 3.72. The molecule has 2 amide bonds. The summed E-state index contributed by atoms with van der Waals surface area (Å²) in [6.07, 6.45) is 1.57. The van der Waals surface area contributed by atoms with E-state index in [0.29, 0.717) is 5.69 Å². The van der Waals surface area contributed by atoms with E-state index in [-0.39, 0.29) is 5.91 Å². The molecule has 0 radical (unpaired) electrons. The van der Waals surface area contributed by atoms with E-state index in [2.05, 4.69) is 9.71 Å². The van der Waals surface area contributed by atoms with Crippen LogP contribution < -0.4 is 10.5 Å². The first-order chi connectivity index (χ1) is 7.11. The summed E-state index contributed by atoms with van der Waals surface area (Å²) in [6.45, 7) is 1.36. The van der Waals surface area contributed by atoms with Crippen molar-refractivity contribution in [2.24, 2.45) is 5.73 Å². The monoisotopic (exact) mass is 225 g/mol. The largest absolute Gasteiger partial charge is 0.368 e. The van der Waals surface area contributed by atoms with Gasteiger partial charge in [0.05, 0.1) is 5.69 Å². The number of pyridine rings is 1. The second-order valence-electron chi connectivity index (χ2n) is 2.81. The third-order valence-electron chi connectivity index (χ3n) is 1.54. The van der Waals surface area contributed by atoms with Crippen LogP contribution in [0.5, 0.6) is 0 Å². The molecule has 0 bridgehead atoms. The highest BCUT2D eigenvalue weighted by Gasteiger charge is 2.20. The summed E-state index contributed by atoms with van der Waals surface area (Å²) in [4.78, 5) is 25.8. The molecule has 0 aliphatic heterocycles. The van der Waals surface area contributed by atoms with Crippen molar-refractivity contribution >= 4 is 23.8 Å². The number of carbonyl (C=O) groups is 2. The fraction of sp³-hybridized carbons (Fsp3) is 0.222. The number of nitrogens with zero attached hydrogens (tertiary/aromatic N) is 1. The Morgan fingerprint density at radius 3 is 2.73 bits per heavy atom. The lowest BCUT2D eigenvalue weighted by Crippen LogP contribution is -2.24. The van der Waals surface area contributed by atoms with Crippen molar-refractivity contribution in [3.05, 3.63) is 30.1 Å². The smallest absolute Gasteiger partial charge is 0.238 e. The molecule has 0 aromatic carbocycles. The predicted molar refractivity (Wildman–Crippen MR) is 57.6 cm³/mol. The molecule has 0 aliphatic rings. The van der Waals surface area contributed by atoms with E-state index < -0.39 is 11.2 Å². The average Bonchev–Trinajstić information content (AvgIpc) is 2.18. The van der Waals surface area contributed by atoms with Crippen molar-refractivity contribution in [2.45, 2.75) is 12.2 Å². The highest BCUT2D eigenvalue weighted by Crippen LogP contribution is 2.23. The maximum atomic E-state index is 11.1. The minimum atomic E-state index is -0.657. The van der Waals surface area contributed by atoms with Crippen LogP contribution in [0, 0.1) is 0 Å². The number of primary amides is 1. The summed E-state index contributed by atoms with van der Waals surface area (Å²) in [5.74, 6) is -0.769. The zero-order chi connectivity index (χ0) is 11.3. The maximum absolute atomic E-state index is 11.1. The number of hydrogen-bond acceptors (Lipinski definition) is 4. The van der Waals surface area contributed by atoms with E-state index >= 15 is 0 Å². The van der Waals surface area contributed by atoms with E-state index in [0.717, 1.165) is 11.9 Å². The summed E-state index contributed by atoms with van der Waals surface area (Å²) >= 11 is 0.954. The first-order valence-corrected chi connectivity index (χ1v) is 5.11. The molecule has 1 heterocycles. The molecule has 0 spiro atoms. The molecule has 0 fully saturated rings. The Hall–Kier alpha value is -1.56. The molecule has 1 aromatic rings. The number of nitrogens with one attached hydrogen (secondary N) is 1. The van der Waals surface area contributed by atoms with Gasteiger partial charge < -0.3 is 5.73 Å². The van der Waals surface area contributed by atoms with Gasteiger partial charge >= 0.3 is 0 Å². The molecular formula is C9H11N3O2S. The van der Waals surface area contributed by atoms with E-state index in [9.17, 15) is 9.59 Å². The quantitative estimate of drug-likeness (QED) is 0.726. The summed E-state index contributed by atoms with van der Waals surface area (Å²) in [5, 5.41) is -0.657. The van der Waals surface area contributed by atoms with Crippen LogP contribution in [0.15, 0.2) is 24.4 Å². The highest BCUT2D eigenvalue weighted by atomic mass is 32.2. The van der Waals surface area contributed by atoms with Crippen molar-refractivity contribution in [1.29, 1.82) is 0 Å². The molecule has 15 heavy (non-hydrogen) atoms. The third-order valence-corrected chi connectivity index (χ3v) is 2.65. The lowest BCUT2D eigenvalue weighted by Gasteiger charge is -2.11. The molecule has 6 heteroatoms. The topological polar surface area (TPSA) is 85.1 Å². The van der Waals surface area contributed by atoms with Crippen LogP contribution in [-0.4, -0.2) is 16.8 Å². The molecule has 1 atom stereocenters. The van der Waals surface area contributed by atoms with E-state index in [1.807, 2.05) is 0 Å². The van der Waals surface area contributed by atoms with Crippen molar-refractivity contribution in [3.8, 4) is 0 Å². The summed E-state index contributed by atoms with van der Waals surface area (Å²) in [7, 11) is 0. The van der Waals surface area contributed by atoms with Crippen LogP contribution in [0.1, 0.15) is 17.9 Å². The van der Waals surface area contributed by atoms with Crippen LogP contribution >= 0.6 is 11.9 Å².